The summed E-state index contributed by atoms with van der Waals surface area (Å²) in [6.07, 6.45) is 1.65. The molecule has 0 saturated carbocycles. The average molecular weight is 190 g/mol. The van der Waals surface area contributed by atoms with E-state index in [9.17, 15) is 4.79 Å². The van der Waals surface area contributed by atoms with Gasteiger partial charge in [0, 0.05) is 18.4 Å². The smallest absolute Gasteiger partial charge is 0.213 e. The summed E-state index contributed by atoms with van der Waals surface area (Å²) in [5.74, 6) is 0.562. The molecular formula is C10H10N2O2. The Morgan fingerprint density at radius 1 is 1.50 bits per heavy atom. The Morgan fingerprint density at radius 3 is 2.93 bits per heavy atom. The maximum Gasteiger partial charge on any atom is 0.213 e. The highest BCUT2D eigenvalue weighted by Gasteiger charge is 2.05. The zero-order valence-corrected chi connectivity index (χ0v) is 8.00. The lowest BCUT2D eigenvalue weighted by Crippen LogP contribution is -1.89. The first-order valence-corrected chi connectivity index (χ1v) is 4.24. The highest BCUT2D eigenvalue weighted by molar-refractivity contribution is 5.97. The fourth-order valence-corrected chi connectivity index (χ4v) is 1.31. The summed E-state index contributed by atoms with van der Waals surface area (Å²) in [6.45, 7) is 1.52. The number of Topliss-reactive ketones (excluding diaryl/α,β-unsaturated/α-hetero) is 1. The van der Waals surface area contributed by atoms with Gasteiger partial charge >= 0.3 is 0 Å². The summed E-state index contributed by atoms with van der Waals surface area (Å²) in [7, 11) is 1.56. The van der Waals surface area contributed by atoms with Crippen molar-refractivity contribution in [2.75, 3.05) is 7.11 Å². The van der Waals surface area contributed by atoms with Crippen molar-refractivity contribution in [3.8, 4) is 5.88 Å². The second kappa shape index (κ2) is 3.14. The zero-order chi connectivity index (χ0) is 10.1. The molecule has 72 valence electrons. The van der Waals surface area contributed by atoms with Gasteiger partial charge in [-0.15, -0.1) is 0 Å². The number of aromatic nitrogens is 2. The Balaban J connectivity index is 2.60. The van der Waals surface area contributed by atoms with Crippen molar-refractivity contribution in [1.29, 1.82) is 0 Å². The van der Waals surface area contributed by atoms with E-state index in [1.807, 2.05) is 0 Å². The molecule has 0 fully saturated rings. The Hall–Kier alpha value is -1.84. The average Bonchev–Trinajstić information content (AvgIpc) is 2.59. The van der Waals surface area contributed by atoms with Gasteiger partial charge in [0.15, 0.2) is 5.78 Å². The van der Waals surface area contributed by atoms with Crippen LogP contribution in [-0.4, -0.2) is 22.9 Å². The number of H-pyrrole nitrogens is 1. The number of pyridine rings is 1. The van der Waals surface area contributed by atoms with E-state index in [2.05, 4.69) is 9.97 Å². The molecule has 1 N–H and O–H groups in total. The van der Waals surface area contributed by atoms with Gasteiger partial charge in [0.25, 0.3) is 0 Å². The molecule has 0 aliphatic heterocycles. The predicted molar refractivity (Wildman–Crippen MR) is 52.7 cm³/mol. The number of nitrogens with one attached hydrogen (secondary N) is 1. The standard InChI is InChI=1S/C10H10N2O2/c1-6(13)8-3-7-4-10(14-2)11-5-9(7)12-8/h3-5,12H,1-2H3. The molecule has 2 aromatic rings. The molecule has 0 unspecified atom stereocenters. The monoisotopic (exact) mass is 190 g/mol. The Morgan fingerprint density at radius 2 is 2.29 bits per heavy atom. The van der Waals surface area contributed by atoms with Gasteiger partial charge in [0.1, 0.15) is 0 Å². The Bertz CT molecular complexity index is 488. The van der Waals surface area contributed by atoms with Crippen molar-refractivity contribution in [2.24, 2.45) is 0 Å². The summed E-state index contributed by atoms with van der Waals surface area (Å²) in [5, 5.41) is 0.932. The van der Waals surface area contributed by atoms with Crippen LogP contribution >= 0.6 is 0 Å². The van der Waals surface area contributed by atoms with E-state index in [1.165, 1.54) is 6.92 Å². The van der Waals surface area contributed by atoms with E-state index < -0.39 is 0 Å². The van der Waals surface area contributed by atoms with Crippen molar-refractivity contribution in [2.45, 2.75) is 6.92 Å². The van der Waals surface area contributed by atoms with Crippen molar-refractivity contribution < 1.29 is 9.53 Å². The van der Waals surface area contributed by atoms with Crippen LogP contribution in [0.3, 0.4) is 0 Å². The lowest BCUT2D eigenvalue weighted by atomic mass is 10.3. The summed E-state index contributed by atoms with van der Waals surface area (Å²) in [4.78, 5) is 18.1. The first kappa shape index (κ1) is 8.74. The van der Waals surface area contributed by atoms with Crippen LogP contribution in [0.5, 0.6) is 5.88 Å². The van der Waals surface area contributed by atoms with E-state index in [4.69, 9.17) is 4.74 Å². The second-order valence-corrected chi connectivity index (χ2v) is 3.05. The van der Waals surface area contributed by atoms with Crippen molar-refractivity contribution in [1.82, 2.24) is 9.97 Å². The van der Waals surface area contributed by atoms with Gasteiger partial charge in [-0.05, 0) is 6.07 Å². The minimum absolute atomic E-state index is 0.0140. The van der Waals surface area contributed by atoms with Crippen LogP contribution in [0.25, 0.3) is 10.9 Å². The van der Waals surface area contributed by atoms with Crippen LogP contribution in [0, 0.1) is 0 Å². The molecule has 2 heterocycles. The maximum atomic E-state index is 11.1. The third-order valence-corrected chi connectivity index (χ3v) is 2.07. The summed E-state index contributed by atoms with van der Waals surface area (Å²) in [5.41, 5.74) is 1.44. The van der Waals surface area contributed by atoms with Gasteiger partial charge in [0.05, 0.1) is 24.5 Å². The second-order valence-electron chi connectivity index (χ2n) is 3.05. The van der Waals surface area contributed by atoms with Crippen LogP contribution < -0.4 is 4.74 Å². The van der Waals surface area contributed by atoms with Crippen molar-refractivity contribution in [3.63, 3.8) is 0 Å². The van der Waals surface area contributed by atoms with E-state index in [0.717, 1.165) is 10.9 Å². The molecule has 0 aliphatic carbocycles. The molecule has 0 aromatic carbocycles. The predicted octanol–water partition coefficient (Wildman–Crippen LogP) is 1.77. The molecule has 0 amide bonds. The van der Waals surface area contributed by atoms with Crippen LogP contribution in [0.1, 0.15) is 17.4 Å². The number of fused-ring (bicyclic) bond motifs is 1. The van der Waals surface area contributed by atoms with Crippen LogP contribution in [0.4, 0.5) is 0 Å². The molecule has 0 atom stereocenters. The van der Waals surface area contributed by atoms with Crippen LogP contribution in [-0.2, 0) is 0 Å². The third kappa shape index (κ3) is 1.35. The number of rotatable bonds is 2. The molecule has 0 bridgehead atoms. The van der Waals surface area contributed by atoms with Gasteiger partial charge in [-0.3, -0.25) is 4.79 Å². The van der Waals surface area contributed by atoms with E-state index in [1.54, 1.807) is 25.4 Å². The molecule has 0 aliphatic rings. The molecular weight excluding hydrogens is 180 g/mol. The third-order valence-electron chi connectivity index (χ3n) is 2.07. The number of ketones is 1. The Kier molecular flexibility index (Phi) is 1.96. The van der Waals surface area contributed by atoms with Gasteiger partial charge in [-0.25, -0.2) is 4.98 Å². The van der Waals surface area contributed by atoms with E-state index >= 15 is 0 Å². The van der Waals surface area contributed by atoms with Crippen molar-refractivity contribution in [3.05, 3.63) is 24.0 Å². The number of carbonyl (C=O) groups is 1. The number of methoxy groups -OCH3 is 1. The quantitative estimate of drug-likeness (QED) is 0.734. The lowest BCUT2D eigenvalue weighted by Gasteiger charge is -1.96. The molecule has 2 aromatic heterocycles. The number of nitrogens with zero attached hydrogens (tertiary/aromatic N) is 1. The fourth-order valence-electron chi connectivity index (χ4n) is 1.31. The van der Waals surface area contributed by atoms with E-state index in [-0.39, 0.29) is 5.78 Å². The number of hydrogen-bond donors (Lipinski definition) is 1. The lowest BCUT2D eigenvalue weighted by molar-refractivity contribution is 0.101. The van der Waals surface area contributed by atoms with E-state index in [0.29, 0.717) is 11.6 Å². The number of hydrogen-bond acceptors (Lipinski definition) is 3. The largest absolute Gasteiger partial charge is 0.481 e. The topological polar surface area (TPSA) is 55.0 Å². The molecule has 4 heteroatoms. The molecule has 0 spiro atoms. The molecule has 0 saturated heterocycles. The fraction of sp³-hybridized carbons (Fsp3) is 0.200. The van der Waals surface area contributed by atoms with Gasteiger partial charge in [0.2, 0.25) is 5.88 Å². The van der Waals surface area contributed by atoms with Gasteiger partial charge < -0.3 is 9.72 Å². The maximum absolute atomic E-state index is 11.1. The van der Waals surface area contributed by atoms with Crippen LogP contribution in [0.2, 0.25) is 0 Å². The highest BCUT2D eigenvalue weighted by Crippen LogP contribution is 2.18. The number of ether oxygens (including phenoxy) is 1. The van der Waals surface area contributed by atoms with Gasteiger partial charge in [-0.1, -0.05) is 0 Å². The van der Waals surface area contributed by atoms with Crippen LogP contribution in [0.15, 0.2) is 18.3 Å². The normalized spacial score (nSPS) is 10.4. The first-order chi connectivity index (χ1) is 6.70. The highest BCUT2D eigenvalue weighted by atomic mass is 16.5. The molecule has 14 heavy (non-hydrogen) atoms. The summed E-state index contributed by atoms with van der Waals surface area (Å²) < 4.78 is 4.98. The minimum atomic E-state index is 0.0140. The SMILES string of the molecule is COc1cc2cc(C(C)=O)[nH]c2cn1. The van der Waals surface area contributed by atoms with Gasteiger partial charge in [-0.2, -0.15) is 0 Å². The summed E-state index contributed by atoms with van der Waals surface area (Å²) in [6, 6.07) is 3.58. The summed E-state index contributed by atoms with van der Waals surface area (Å²) >= 11 is 0. The zero-order valence-electron chi connectivity index (χ0n) is 8.00. The van der Waals surface area contributed by atoms with Crippen molar-refractivity contribution >= 4 is 16.7 Å². The number of carbonyl (C=O) groups excluding carboxylic acids is 1. The first-order valence-electron chi connectivity index (χ1n) is 4.24. The molecule has 0 radical (unpaired) electrons. The Labute approximate surface area is 80.9 Å². The minimum Gasteiger partial charge on any atom is -0.481 e. The molecule has 4 nitrogen and oxygen atoms in total. The number of aromatic amines is 1. The molecule has 2 rings (SSSR count).